The highest BCUT2D eigenvalue weighted by atomic mass is 19.3. The van der Waals surface area contributed by atoms with Crippen molar-refractivity contribution in [1.82, 2.24) is 0 Å². The maximum atomic E-state index is 12.7. The summed E-state index contributed by atoms with van der Waals surface area (Å²) in [5.41, 5.74) is 4.70. The lowest BCUT2D eigenvalue weighted by Gasteiger charge is -2.36. The quantitative estimate of drug-likeness (QED) is 0.693. The Hall–Kier alpha value is -0.250. The summed E-state index contributed by atoms with van der Waals surface area (Å²) in [7, 11) is 0. The summed E-state index contributed by atoms with van der Waals surface area (Å²) in [5.74, 6) is -2.59. The molecule has 72 valence electrons. The van der Waals surface area contributed by atoms with Crippen LogP contribution >= 0.6 is 0 Å². The number of hydrogen-bond acceptors (Lipinski definition) is 1. The number of rotatable bonds is 2. The van der Waals surface area contributed by atoms with E-state index in [2.05, 4.69) is 0 Å². The predicted molar refractivity (Wildman–Crippen MR) is 40.9 cm³/mol. The lowest BCUT2D eigenvalue weighted by molar-refractivity contribution is -0.0693. The largest absolute Gasteiger partial charge is 0.330 e. The predicted octanol–water partition coefficient (Wildman–Crippen LogP) is 2.11. The van der Waals surface area contributed by atoms with Gasteiger partial charge in [-0.1, -0.05) is 0 Å². The molecule has 2 N–H and O–H groups in total. The highest BCUT2D eigenvalue weighted by molar-refractivity contribution is 4.89. The Morgan fingerprint density at radius 3 is 1.92 bits per heavy atom. The summed E-state index contributed by atoms with van der Waals surface area (Å²) in [5, 5.41) is 0. The van der Waals surface area contributed by atoms with Crippen molar-refractivity contribution in [3.8, 4) is 0 Å². The number of hydrogen-bond donors (Lipinski definition) is 1. The van der Waals surface area contributed by atoms with Crippen molar-refractivity contribution in [2.45, 2.75) is 31.6 Å². The van der Waals surface area contributed by atoms with E-state index < -0.39 is 18.0 Å². The topological polar surface area (TPSA) is 26.0 Å². The van der Waals surface area contributed by atoms with E-state index >= 15 is 0 Å². The summed E-state index contributed by atoms with van der Waals surface area (Å²) in [6, 6.07) is 0. The Morgan fingerprint density at radius 2 is 1.58 bits per heavy atom. The molecule has 1 saturated carbocycles. The summed E-state index contributed by atoms with van der Waals surface area (Å²) < 4.78 is 37.8. The van der Waals surface area contributed by atoms with Crippen molar-refractivity contribution >= 4 is 0 Å². The minimum Gasteiger partial charge on any atom is -0.330 e. The molecule has 4 heteroatoms. The van der Waals surface area contributed by atoms with Crippen LogP contribution in [-0.2, 0) is 0 Å². The summed E-state index contributed by atoms with van der Waals surface area (Å²) >= 11 is 0. The van der Waals surface area contributed by atoms with Crippen molar-refractivity contribution in [1.29, 1.82) is 0 Å². The molecule has 0 bridgehead atoms. The van der Waals surface area contributed by atoms with Crippen molar-refractivity contribution in [3.63, 3.8) is 0 Å². The first kappa shape index (κ1) is 9.84. The van der Waals surface area contributed by atoms with Crippen LogP contribution in [0.4, 0.5) is 13.2 Å². The van der Waals surface area contributed by atoms with Gasteiger partial charge in [0.2, 0.25) is 5.92 Å². The lowest BCUT2D eigenvalue weighted by atomic mass is 9.74. The molecule has 12 heavy (non-hydrogen) atoms. The van der Waals surface area contributed by atoms with Crippen LogP contribution in [0.5, 0.6) is 0 Å². The highest BCUT2D eigenvalue weighted by Crippen LogP contribution is 2.43. The molecule has 0 saturated heterocycles. The van der Waals surface area contributed by atoms with Crippen LogP contribution in [0.3, 0.4) is 0 Å². The zero-order chi connectivity index (χ0) is 9.24. The molecule has 0 aromatic rings. The van der Waals surface area contributed by atoms with Gasteiger partial charge in [0.25, 0.3) is 0 Å². The van der Waals surface area contributed by atoms with Gasteiger partial charge < -0.3 is 5.73 Å². The normalized spacial score (nSPS) is 27.0. The lowest BCUT2D eigenvalue weighted by Crippen LogP contribution is -2.40. The molecule has 1 aliphatic rings. The second kappa shape index (κ2) is 3.24. The fourth-order valence-corrected chi connectivity index (χ4v) is 1.54. The Morgan fingerprint density at radius 1 is 1.08 bits per heavy atom. The van der Waals surface area contributed by atoms with Crippen LogP contribution in [0, 0.1) is 5.41 Å². The van der Waals surface area contributed by atoms with Crippen molar-refractivity contribution in [3.05, 3.63) is 0 Å². The summed E-state index contributed by atoms with van der Waals surface area (Å²) in [6.45, 7) is -0.390. The molecule has 0 aromatic heterocycles. The van der Waals surface area contributed by atoms with Crippen LogP contribution in [0.25, 0.3) is 0 Å². The zero-order valence-corrected chi connectivity index (χ0v) is 6.95. The fourth-order valence-electron chi connectivity index (χ4n) is 1.54. The van der Waals surface area contributed by atoms with E-state index in [0.29, 0.717) is 0 Å². The molecule has 0 unspecified atom stereocenters. The van der Waals surface area contributed by atoms with E-state index in [-0.39, 0.29) is 32.2 Å². The molecule has 0 aliphatic heterocycles. The standard InChI is InChI=1S/C8H14F3N/c9-5-7(6-12)1-3-8(10,11)4-2-7/h1-6,12H2. The van der Waals surface area contributed by atoms with E-state index in [0.717, 1.165) is 0 Å². The Labute approximate surface area is 70.1 Å². The first-order valence-electron chi connectivity index (χ1n) is 4.17. The van der Waals surface area contributed by atoms with Crippen LogP contribution in [-0.4, -0.2) is 19.1 Å². The van der Waals surface area contributed by atoms with Gasteiger partial charge in [0, 0.05) is 24.8 Å². The third-order valence-corrected chi connectivity index (χ3v) is 2.76. The van der Waals surface area contributed by atoms with Gasteiger partial charge in [-0.05, 0) is 12.8 Å². The van der Waals surface area contributed by atoms with Gasteiger partial charge in [-0.2, -0.15) is 0 Å². The zero-order valence-electron chi connectivity index (χ0n) is 6.95. The molecule has 0 heterocycles. The minimum atomic E-state index is -2.59. The molecule has 1 nitrogen and oxygen atoms in total. The Balaban J connectivity index is 2.53. The number of nitrogens with two attached hydrogens (primary N) is 1. The first-order valence-corrected chi connectivity index (χ1v) is 4.17. The average molecular weight is 181 g/mol. The molecule has 1 rings (SSSR count). The van der Waals surface area contributed by atoms with Gasteiger partial charge >= 0.3 is 0 Å². The molecule has 0 amide bonds. The fraction of sp³-hybridized carbons (Fsp3) is 1.00. The maximum absolute atomic E-state index is 12.7. The van der Waals surface area contributed by atoms with Crippen molar-refractivity contribution in [2.24, 2.45) is 11.1 Å². The smallest absolute Gasteiger partial charge is 0.248 e. The van der Waals surface area contributed by atoms with E-state index in [1.807, 2.05) is 0 Å². The van der Waals surface area contributed by atoms with Crippen LogP contribution in [0.2, 0.25) is 0 Å². The van der Waals surface area contributed by atoms with Gasteiger partial charge in [-0.15, -0.1) is 0 Å². The summed E-state index contributed by atoms with van der Waals surface area (Å²) in [4.78, 5) is 0. The third kappa shape index (κ3) is 1.91. The van der Waals surface area contributed by atoms with Gasteiger partial charge in [-0.3, -0.25) is 4.39 Å². The highest BCUT2D eigenvalue weighted by Gasteiger charge is 2.42. The number of halogens is 3. The molecular formula is C8H14F3N. The monoisotopic (exact) mass is 181 g/mol. The van der Waals surface area contributed by atoms with Crippen LogP contribution in [0.15, 0.2) is 0 Å². The Bertz CT molecular complexity index is 142. The van der Waals surface area contributed by atoms with Gasteiger partial charge in [0.1, 0.15) is 0 Å². The first-order chi connectivity index (χ1) is 5.54. The number of alkyl halides is 3. The second-order valence-corrected chi connectivity index (χ2v) is 3.69. The SMILES string of the molecule is NCC1(CF)CCC(F)(F)CC1. The molecule has 1 fully saturated rings. The van der Waals surface area contributed by atoms with Gasteiger partial charge in [0.05, 0.1) is 6.67 Å². The second-order valence-electron chi connectivity index (χ2n) is 3.69. The van der Waals surface area contributed by atoms with Crippen LogP contribution < -0.4 is 5.73 Å². The van der Waals surface area contributed by atoms with Gasteiger partial charge in [0.15, 0.2) is 0 Å². The average Bonchev–Trinajstić information content (AvgIpc) is 2.06. The molecule has 0 atom stereocenters. The maximum Gasteiger partial charge on any atom is 0.248 e. The minimum absolute atomic E-state index is 0.180. The van der Waals surface area contributed by atoms with E-state index in [1.165, 1.54) is 0 Å². The molecule has 0 aromatic carbocycles. The van der Waals surface area contributed by atoms with Gasteiger partial charge in [-0.25, -0.2) is 8.78 Å². The van der Waals surface area contributed by atoms with Crippen molar-refractivity contribution < 1.29 is 13.2 Å². The Kier molecular flexibility index (Phi) is 2.66. The van der Waals surface area contributed by atoms with Crippen LogP contribution in [0.1, 0.15) is 25.7 Å². The molecular weight excluding hydrogens is 167 g/mol. The van der Waals surface area contributed by atoms with Crippen molar-refractivity contribution in [2.75, 3.05) is 13.2 Å². The van der Waals surface area contributed by atoms with E-state index in [4.69, 9.17) is 5.73 Å². The molecule has 0 spiro atoms. The third-order valence-electron chi connectivity index (χ3n) is 2.76. The van der Waals surface area contributed by atoms with E-state index in [1.54, 1.807) is 0 Å². The molecule has 1 aliphatic carbocycles. The molecule has 0 radical (unpaired) electrons. The van der Waals surface area contributed by atoms with E-state index in [9.17, 15) is 13.2 Å². The summed E-state index contributed by atoms with van der Waals surface area (Å²) in [6.07, 6.45) is 0.00222.